The standard InChI is InChI=1S/C15H15ClF3N5O/c16-11-4-9(15(17,18)19)6-22-14(11)21-5-8-1-2-24-12(3-8)10(7-23-24)13(20)25/h4,6-8H,1-3,5H2,(H2,20,25)(H,21,22). The Morgan fingerprint density at radius 2 is 2.20 bits per heavy atom. The van der Waals surface area contributed by atoms with Crippen LogP contribution in [0.3, 0.4) is 0 Å². The molecule has 0 radical (unpaired) electrons. The molecular formula is C15H15ClF3N5O. The summed E-state index contributed by atoms with van der Waals surface area (Å²) in [6, 6.07) is 0.845. The Bertz CT molecular complexity index is 805. The van der Waals surface area contributed by atoms with Crippen molar-refractivity contribution in [1.82, 2.24) is 14.8 Å². The summed E-state index contributed by atoms with van der Waals surface area (Å²) in [6.45, 7) is 1.10. The van der Waals surface area contributed by atoms with Crippen molar-refractivity contribution in [2.75, 3.05) is 11.9 Å². The topological polar surface area (TPSA) is 85.8 Å². The van der Waals surface area contributed by atoms with E-state index in [1.54, 1.807) is 4.68 Å². The first-order valence-electron chi connectivity index (χ1n) is 7.57. The number of hydrogen-bond acceptors (Lipinski definition) is 4. The van der Waals surface area contributed by atoms with Crippen LogP contribution in [-0.4, -0.2) is 27.2 Å². The molecule has 3 N–H and O–H groups in total. The zero-order valence-electron chi connectivity index (χ0n) is 13.0. The molecule has 0 spiro atoms. The summed E-state index contributed by atoms with van der Waals surface area (Å²) in [5.41, 5.74) is 5.62. The van der Waals surface area contributed by atoms with Crippen molar-refractivity contribution < 1.29 is 18.0 Å². The number of nitrogens with one attached hydrogen (secondary N) is 1. The Hall–Kier alpha value is -2.29. The molecule has 10 heteroatoms. The highest BCUT2D eigenvalue weighted by Crippen LogP contribution is 2.32. The van der Waals surface area contributed by atoms with Crippen molar-refractivity contribution in [3.63, 3.8) is 0 Å². The van der Waals surface area contributed by atoms with E-state index in [0.717, 1.165) is 24.4 Å². The van der Waals surface area contributed by atoms with Crippen molar-refractivity contribution in [3.05, 3.63) is 40.3 Å². The molecule has 1 unspecified atom stereocenters. The van der Waals surface area contributed by atoms with Gasteiger partial charge < -0.3 is 11.1 Å². The second-order valence-electron chi connectivity index (χ2n) is 5.88. The van der Waals surface area contributed by atoms with Crippen LogP contribution in [0.5, 0.6) is 0 Å². The first kappa shape index (κ1) is 17.5. The van der Waals surface area contributed by atoms with Crippen LogP contribution >= 0.6 is 11.6 Å². The number of primary amides is 1. The van der Waals surface area contributed by atoms with E-state index in [0.29, 0.717) is 25.1 Å². The Kier molecular flexibility index (Phi) is 4.59. The lowest BCUT2D eigenvalue weighted by Gasteiger charge is -2.24. The SMILES string of the molecule is NC(=O)c1cnn2c1CC(CNc1ncc(C(F)(F)F)cc1Cl)CC2. The van der Waals surface area contributed by atoms with Gasteiger partial charge in [-0.15, -0.1) is 0 Å². The lowest BCUT2D eigenvalue weighted by atomic mass is 9.94. The molecule has 1 aliphatic rings. The number of carbonyl (C=O) groups excluding carboxylic acids is 1. The van der Waals surface area contributed by atoms with Crippen LogP contribution in [0, 0.1) is 5.92 Å². The molecule has 0 bridgehead atoms. The average Bonchev–Trinajstić information content (AvgIpc) is 2.96. The van der Waals surface area contributed by atoms with E-state index in [2.05, 4.69) is 15.4 Å². The summed E-state index contributed by atoms with van der Waals surface area (Å²) in [4.78, 5) is 15.2. The highest BCUT2D eigenvalue weighted by atomic mass is 35.5. The number of hydrogen-bond donors (Lipinski definition) is 2. The molecule has 1 aliphatic heterocycles. The van der Waals surface area contributed by atoms with Crippen molar-refractivity contribution >= 4 is 23.3 Å². The number of rotatable bonds is 4. The molecule has 2 aromatic heterocycles. The van der Waals surface area contributed by atoms with E-state index in [9.17, 15) is 18.0 Å². The maximum absolute atomic E-state index is 12.6. The van der Waals surface area contributed by atoms with Crippen LogP contribution in [0.4, 0.5) is 19.0 Å². The van der Waals surface area contributed by atoms with E-state index in [1.807, 2.05) is 0 Å². The van der Waals surface area contributed by atoms with Gasteiger partial charge in [0.25, 0.3) is 5.91 Å². The maximum atomic E-state index is 12.6. The molecule has 0 aromatic carbocycles. The van der Waals surface area contributed by atoms with Gasteiger partial charge in [0.1, 0.15) is 5.82 Å². The number of halogens is 4. The fourth-order valence-corrected chi connectivity index (χ4v) is 3.08. The minimum atomic E-state index is -4.48. The van der Waals surface area contributed by atoms with Crippen molar-refractivity contribution in [1.29, 1.82) is 0 Å². The summed E-state index contributed by atoms with van der Waals surface area (Å²) < 4.78 is 39.6. The van der Waals surface area contributed by atoms with E-state index >= 15 is 0 Å². The first-order valence-corrected chi connectivity index (χ1v) is 7.94. The molecule has 0 fully saturated rings. The van der Waals surface area contributed by atoms with Crippen LogP contribution in [0.15, 0.2) is 18.5 Å². The molecular weight excluding hydrogens is 359 g/mol. The summed E-state index contributed by atoms with van der Waals surface area (Å²) in [6.07, 6.45) is -0.888. The molecule has 134 valence electrons. The molecule has 3 rings (SSSR count). The van der Waals surface area contributed by atoms with Crippen LogP contribution in [-0.2, 0) is 19.1 Å². The van der Waals surface area contributed by atoms with E-state index in [1.165, 1.54) is 6.20 Å². The number of aryl methyl sites for hydroxylation is 1. The van der Waals surface area contributed by atoms with Crippen molar-refractivity contribution in [2.45, 2.75) is 25.6 Å². The molecule has 25 heavy (non-hydrogen) atoms. The third kappa shape index (κ3) is 3.71. The molecule has 0 saturated carbocycles. The average molecular weight is 374 g/mol. The van der Waals surface area contributed by atoms with E-state index < -0.39 is 17.6 Å². The number of alkyl halides is 3. The number of fused-ring (bicyclic) bond motifs is 1. The van der Waals surface area contributed by atoms with Crippen LogP contribution in [0.1, 0.15) is 28.0 Å². The summed E-state index contributed by atoms with van der Waals surface area (Å²) in [5.74, 6) is -0.173. The van der Waals surface area contributed by atoms with Gasteiger partial charge in [0.2, 0.25) is 0 Å². The Balaban J connectivity index is 1.67. The van der Waals surface area contributed by atoms with Gasteiger partial charge in [0, 0.05) is 19.3 Å². The molecule has 0 saturated heterocycles. The zero-order chi connectivity index (χ0) is 18.2. The highest BCUT2D eigenvalue weighted by molar-refractivity contribution is 6.32. The quantitative estimate of drug-likeness (QED) is 0.862. The summed E-state index contributed by atoms with van der Waals surface area (Å²) in [5, 5.41) is 7.02. The second kappa shape index (κ2) is 6.55. The number of pyridine rings is 1. The van der Waals surface area contributed by atoms with Crippen molar-refractivity contribution in [2.24, 2.45) is 11.7 Å². The van der Waals surface area contributed by atoms with Crippen LogP contribution in [0.2, 0.25) is 5.02 Å². The lowest BCUT2D eigenvalue weighted by Crippen LogP contribution is -2.27. The fourth-order valence-electron chi connectivity index (χ4n) is 2.84. The minimum absolute atomic E-state index is 0.0894. The zero-order valence-corrected chi connectivity index (χ0v) is 13.7. The minimum Gasteiger partial charge on any atom is -0.369 e. The number of anilines is 1. The lowest BCUT2D eigenvalue weighted by molar-refractivity contribution is -0.137. The van der Waals surface area contributed by atoms with Gasteiger partial charge in [-0.1, -0.05) is 11.6 Å². The van der Waals surface area contributed by atoms with Gasteiger partial charge in [0.15, 0.2) is 0 Å². The molecule has 1 atom stereocenters. The Morgan fingerprint density at radius 3 is 2.84 bits per heavy atom. The number of carbonyl (C=O) groups is 1. The maximum Gasteiger partial charge on any atom is 0.417 e. The normalized spacial score (nSPS) is 17.2. The molecule has 2 aromatic rings. The van der Waals surface area contributed by atoms with Gasteiger partial charge in [-0.2, -0.15) is 18.3 Å². The molecule has 3 heterocycles. The van der Waals surface area contributed by atoms with Crippen molar-refractivity contribution in [3.8, 4) is 0 Å². The van der Waals surface area contributed by atoms with Gasteiger partial charge in [-0.25, -0.2) is 4.98 Å². The summed E-state index contributed by atoms with van der Waals surface area (Å²) in [7, 11) is 0. The molecule has 0 aliphatic carbocycles. The summed E-state index contributed by atoms with van der Waals surface area (Å²) >= 11 is 5.88. The van der Waals surface area contributed by atoms with Crippen LogP contribution < -0.4 is 11.1 Å². The largest absolute Gasteiger partial charge is 0.417 e. The number of amides is 1. The predicted molar refractivity (Wildman–Crippen MR) is 85.3 cm³/mol. The van der Waals surface area contributed by atoms with Gasteiger partial charge in [-0.05, 0) is 24.8 Å². The predicted octanol–water partition coefficient (Wildman–Crippen LogP) is 2.72. The number of nitrogens with two attached hydrogens (primary N) is 1. The van der Waals surface area contributed by atoms with Gasteiger partial charge in [-0.3, -0.25) is 9.48 Å². The highest BCUT2D eigenvalue weighted by Gasteiger charge is 2.31. The first-order chi connectivity index (χ1) is 11.8. The molecule has 1 amide bonds. The number of nitrogens with zero attached hydrogens (tertiary/aromatic N) is 3. The smallest absolute Gasteiger partial charge is 0.369 e. The Morgan fingerprint density at radius 1 is 1.44 bits per heavy atom. The van der Waals surface area contributed by atoms with Gasteiger partial charge >= 0.3 is 6.18 Å². The number of aromatic nitrogens is 3. The van der Waals surface area contributed by atoms with Gasteiger partial charge in [0.05, 0.1) is 28.0 Å². The van der Waals surface area contributed by atoms with Crippen LogP contribution in [0.25, 0.3) is 0 Å². The fraction of sp³-hybridized carbons (Fsp3) is 0.400. The Labute approximate surface area is 146 Å². The third-order valence-electron chi connectivity index (χ3n) is 4.17. The van der Waals surface area contributed by atoms with E-state index in [4.69, 9.17) is 17.3 Å². The molecule has 6 nitrogen and oxygen atoms in total. The second-order valence-corrected chi connectivity index (χ2v) is 6.29. The van der Waals surface area contributed by atoms with E-state index in [-0.39, 0.29) is 16.8 Å². The third-order valence-corrected chi connectivity index (χ3v) is 4.46. The monoisotopic (exact) mass is 373 g/mol.